The Labute approximate surface area is 104 Å². The van der Waals surface area contributed by atoms with Crippen molar-refractivity contribution in [1.29, 1.82) is 0 Å². The molecule has 1 aromatic carbocycles. The van der Waals surface area contributed by atoms with E-state index in [1.54, 1.807) is 24.3 Å². The highest BCUT2D eigenvalue weighted by Gasteiger charge is 2.21. The van der Waals surface area contributed by atoms with Gasteiger partial charge in [0.1, 0.15) is 0 Å². The molecular formula is C12H15ClO4. The molecule has 3 N–H and O–H groups in total. The maximum Gasteiger partial charge on any atom is 0.306 e. The first-order chi connectivity index (χ1) is 8.02. The lowest BCUT2D eigenvalue weighted by Gasteiger charge is -2.15. The molecule has 4 nitrogen and oxygen atoms in total. The summed E-state index contributed by atoms with van der Waals surface area (Å²) in [4.78, 5) is 11.0. The number of carbonyl (C=O) groups is 1. The van der Waals surface area contributed by atoms with Gasteiger partial charge in [-0.05, 0) is 30.5 Å². The lowest BCUT2D eigenvalue weighted by atomic mass is 9.94. The molecule has 1 rings (SSSR count). The van der Waals surface area contributed by atoms with Crippen LogP contribution in [0.5, 0.6) is 0 Å². The lowest BCUT2D eigenvalue weighted by molar-refractivity contribution is -0.143. The largest absolute Gasteiger partial charge is 0.481 e. The molecule has 0 fully saturated rings. The number of carboxylic acid groups (broad SMARTS) is 1. The molecule has 17 heavy (non-hydrogen) atoms. The van der Waals surface area contributed by atoms with E-state index < -0.39 is 24.6 Å². The second-order valence-electron chi connectivity index (χ2n) is 3.94. The van der Waals surface area contributed by atoms with E-state index in [2.05, 4.69) is 0 Å². The molecule has 2 unspecified atom stereocenters. The first kappa shape index (κ1) is 14.0. The highest BCUT2D eigenvalue weighted by Crippen LogP contribution is 2.18. The molecule has 0 aliphatic carbocycles. The minimum atomic E-state index is -1.00. The molecule has 0 aromatic heterocycles. The van der Waals surface area contributed by atoms with E-state index in [1.807, 2.05) is 0 Å². The van der Waals surface area contributed by atoms with Gasteiger partial charge in [-0.15, -0.1) is 0 Å². The third-order valence-corrected chi connectivity index (χ3v) is 2.72. The SMILES string of the molecule is O=C(O)C(Cc1cccc(Cl)c1)CC(O)CO. The van der Waals surface area contributed by atoms with E-state index in [4.69, 9.17) is 21.8 Å². The van der Waals surface area contributed by atoms with Crippen LogP contribution in [0.2, 0.25) is 5.02 Å². The van der Waals surface area contributed by atoms with Crippen molar-refractivity contribution in [1.82, 2.24) is 0 Å². The minimum Gasteiger partial charge on any atom is -0.481 e. The first-order valence-corrected chi connectivity index (χ1v) is 5.67. The Morgan fingerprint density at radius 2 is 2.12 bits per heavy atom. The summed E-state index contributed by atoms with van der Waals surface area (Å²) >= 11 is 5.80. The summed E-state index contributed by atoms with van der Waals surface area (Å²) in [5, 5.41) is 27.6. The molecule has 0 radical (unpaired) electrons. The summed E-state index contributed by atoms with van der Waals surface area (Å²) in [7, 11) is 0. The molecule has 0 bridgehead atoms. The van der Waals surface area contributed by atoms with E-state index >= 15 is 0 Å². The van der Waals surface area contributed by atoms with Crippen molar-refractivity contribution in [3.8, 4) is 0 Å². The molecule has 0 amide bonds. The fourth-order valence-electron chi connectivity index (χ4n) is 1.62. The normalized spacial score (nSPS) is 14.3. The summed E-state index contributed by atoms with van der Waals surface area (Å²) in [6, 6.07) is 6.94. The summed E-state index contributed by atoms with van der Waals surface area (Å²) in [6.45, 7) is -0.431. The average molecular weight is 259 g/mol. The number of rotatable bonds is 6. The Morgan fingerprint density at radius 3 is 2.65 bits per heavy atom. The Balaban J connectivity index is 2.70. The summed E-state index contributed by atoms with van der Waals surface area (Å²) < 4.78 is 0. The van der Waals surface area contributed by atoms with Crippen LogP contribution in [-0.4, -0.2) is 34.0 Å². The second kappa shape index (κ2) is 6.59. The van der Waals surface area contributed by atoms with Crippen LogP contribution < -0.4 is 0 Å². The van der Waals surface area contributed by atoms with Crippen molar-refractivity contribution in [3.63, 3.8) is 0 Å². The van der Waals surface area contributed by atoms with Gasteiger partial charge in [0.15, 0.2) is 0 Å². The van der Waals surface area contributed by atoms with Crippen LogP contribution in [0.25, 0.3) is 0 Å². The van der Waals surface area contributed by atoms with Crippen molar-refractivity contribution >= 4 is 17.6 Å². The monoisotopic (exact) mass is 258 g/mol. The molecule has 0 aliphatic heterocycles. The number of aliphatic carboxylic acids is 1. The summed E-state index contributed by atoms with van der Waals surface area (Å²) in [5.74, 6) is -1.71. The third-order valence-electron chi connectivity index (χ3n) is 2.49. The van der Waals surface area contributed by atoms with E-state index in [9.17, 15) is 9.90 Å². The van der Waals surface area contributed by atoms with Gasteiger partial charge >= 0.3 is 5.97 Å². The van der Waals surface area contributed by atoms with Crippen molar-refractivity contribution < 1.29 is 20.1 Å². The van der Waals surface area contributed by atoms with Crippen LogP contribution in [0.1, 0.15) is 12.0 Å². The van der Waals surface area contributed by atoms with Crippen LogP contribution >= 0.6 is 11.6 Å². The Kier molecular flexibility index (Phi) is 5.41. The number of hydrogen-bond donors (Lipinski definition) is 3. The van der Waals surface area contributed by atoms with E-state index in [-0.39, 0.29) is 12.8 Å². The summed E-state index contributed by atoms with van der Waals surface area (Å²) in [6.07, 6.45) is -0.694. The number of carboxylic acids is 1. The van der Waals surface area contributed by atoms with E-state index in [0.29, 0.717) is 5.02 Å². The molecular weight excluding hydrogens is 244 g/mol. The molecule has 0 saturated carbocycles. The molecule has 0 aliphatic rings. The molecule has 2 atom stereocenters. The topological polar surface area (TPSA) is 77.8 Å². The van der Waals surface area contributed by atoms with Crippen molar-refractivity contribution in [2.45, 2.75) is 18.9 Å². The fraction of sp³-hybridized carbons (Fsp3) is 0.417. The molecule has 1 aromatic rings. The number of halogens is 1. The molecule has 5 heteroatoms. The van der Waals surface area contributed by atoms with Gasteiger partial charge < -0.3 is 15.3 Å². The number of aliphatic hydroxyl groups is 2. The van der Waals surface area contributed by atoms with E-state index in [0.717, 1.165) is 5.56 Å². The van der Waals surface area contributed by atoms with Gasteiger partial charge in [-0.2, -0.15) is 0 Å². The minimum absolute atomic E-state index is 0.0261. The zero-order chi connectivity index (χ0) is 12.8. The molecule has 0 spiro atoms. The highest BCUT2D eigenvalue weighted by atomic mass is 35.5. The van der Waals surface area contributed by atoms with Crippen molar-refractivity contribution in [2.24, 2.45) is 5.92 Å². The quantitative estimate of drug-likeness (QED) is 0.719. The second-order valence-corrected chi connectivity index (χ2v) is 4.38. The maximum absolute atomic E-state index is 11.0. The Hall–Kier alpha value is -1.10. The molecule has 0 heterocycles. The van der Waals surface area contributed by atoms with Gasteiger partial charge in [-0.3, -0.25) is 4.79 Å². The fourth-order valence-corrected chi connectivity index (χ4v) is 1.84. The molecule has 0 saturated heterocycles. The molecule has 94 valence electrons. The highest BCUT2D eigenvalue weighted by molar-refractivity contribution is 6.30. The van der Waals surface area contributed by atoms with Gasteiger partial charge in [0.25, 0.3) is 0 Å². The van der Waals surface area contributed by atoms with Crippen LogP contribution in [-0.2, 0) is 11.2 Å². The zero-order valence-electron chi connectivity index (χ0n) is 9.21. The predicted octanol–water partition coefficient (Wildman–Crippen LogP) is 1.33. The van der Waals surface area contributed by atoms with Gasteiger partial charge in [0.05, 0.1) is 18.6 Å². The summed E-state index contributed by atoms with van der Waals surface area (Å²) in [5.41, 5.74) is 0.801. The number of benzene rings is 1. The number of aliphatic hydroxyl groups excluding tert-OH is 2. The average Bonchev–Trinajstić information content (AvgIpc) is 2.27. The van der Waals surface area contributed by atoms with Gasteiger partial charge in [0.2, 0.25) is 0 Å². The number of hydrogen-bond acceptors (Lipinski definition) is 3. The lowest BCUT2D eigenvalue weighted by Crippen LogP contribution is -2.24. The third kappa shape index (κ3) is 4.73. The maximum atomic E-state index is 11.0. The first-order valence-electron chi connectivity index (χ1n) is 5.29. The predicted molar refractivity (Wildman–Crippen MR) is 64.0 cm³/mol. The van der Waals surface area contributed by atoms with E-state index in [1.165, 1.54) is 0 Å². The van der Waals surface area contributed by atoms with Crippen LogP contribution in [0, 0.1) is 5.92 Å². The smallest absolute Gasteiger partial charge is 0.306 e. The van der Waals surface area contributed by atoms with Crippen molar-refractivity contribution in [2.75, 3.05) is 6.61 Å². The Morgan fingerprint density at radius 1 is 1.41 bits per heavy atom. The Bertz CT molecular complexity index is 381. The van der Waals surface area contributed by atoms with Gasteiger partial charge in [0, 0.05) is 5.02 Å². The zero-order valence-corrected chi connectivity index (χ0v) is 9.97. The van der Waals surface area contributed by atoms with Crippen LogP contribution in [0.3, 0.4) is 0 Å². The van der Waals surface area contributed by atoms with Crippen molar-refractivity contribution in [3.05, 3.63) is 34.9 Å². The standard InChI is InChI=1S/C12H15ClO4/c13-10-3-1-2-8(5-10)4-9(12(16)17)6-11(15)7-14/h1-3,5,9,11,14-15H,4,6-7H2,(H,16,17). The van der Waals surface area contributed by atoms with Gasteiger partial charge in [-0.1, -0.05) is 23.7 Å². The van der Waals surface area contributed by atoms with Gasteiger partial charge in [-0.25, -0.2) is 0 Å². The van der Waals surface area contributed by atoms with Crippen LogP contribution in [0.15, 0.2) is 24.3 Å². The van der Waals surface area contributed by atoms with Crippen LogP contribution in [0.4, 0.5) is 0 Å².